The zero-order valence-electron chi connectivity index (χ0n) is 11.3. The predicted octanol–water partition coefficient (Wildman–Crippen LogP) is 2.14. The molecule has 0 atom stereocenters. The first-order valence-corrected chi connectivity index (χ1v) is 8.64. The molecule has 3 heteroatoms. The van der Waals surface area contributed by atoms with Gasteiger partial charge in [-0.2, -0.15) is 0 Å². The average Bonchev–Trinajstić information content (AvgIpc) is 2.44. The van der Waals surface area contributed by atoms with E-state index >= 15 is 0 Å². The second kappa shape index (κ2) is 7.24. The van der Waals surface area contributed by atoms with Crippen LogP contribution in [-0.4, -0.2) is 28.6 Å². The van der Waals surface area contributed by atoms with E-state index in [0.29, 0.717) is 13.2 Å². The summed E-state index contributed by atoms with van der Waals surface area (Å²) in [4.78, 5) is 0. The summed E-state index contributed by atoms with van der Waals surface area (Å²) in [5.41, 5.74) is 0. The third-order valence-electron chi connectivity index (χ3n) is 2.62. The molecular weight excluding hydrogens is 297 g/mol. The Kier molecular flexibility index (Phi) is 5.34. The van der Waals surface area contributed by atoms with Crippen molar-refractivity contribution >= 4 is 24.2 Å². The Balaban J connectivity index is 1.99. The van der Waals surface area contributed by atoms with Crippen molar-refractivity contribution in [2.45, 2.75) is 13.8 Å². The van der Waals surface area contributed by atoms with Crippen molar-refractivity contribution in [2.75, 3.05) is 13.2 Å². The van der Waals surface area contributed by atoms with Crippen LogP contribution in [0.5, 0.6) is 11.5 Å². The van der Waals surface area contributed by atoms with Gasteiger partial charge in [0.25, 0.3) is 0 Å². The second-order valence-corrected chi connectivity index (χ2v) is 6.99. The molecule has 0 saturated carbocycles. The van der Waals surface area contributed by atoms with Crippen molar-refractivity contribution in [3.63, 3.8) is 0 Å². The number of rotatable bonds is 6. The van der Waals surface area contributed by atoms with E-state index in [4.69, 9.17) is 9.47 Å². The molecule has 0 aromatic heterocycles. The van der Waals surface area contributed by atoms with Gasteiger partial charge in [-0.3, -0.25) is 0 Å². The van der Waals surface area contributed by atoms with Crippen LogP contribution in [0.1, 0.15) is 13.8 Å². The van der Waals surface area contributed by atoms with Gasteiger partial charge in [0.05, 0.1) is 0 Å². The first kappa shape index (κ1) is 14.0. The van der Waals surface area contributed by atoms with E-state index in [2.05, 4.69) is 48.5 Å². The molecule has 0 amide bonds. The molecule has 0 unspecified atom stereocenters. The molecule has 2 aromatic rings. The zero-order valence-corrected chi connectivity index (χ0v) is 13.4. The Hall–Kier alpha value is -1.42. The van der Waals surface area contributed by atoms with Crippen LogP contribution in [-0.2, 0) is 0 Å². The summed E-state index contributed by atoms with van der Waals surface area (Å²) in [5.74, 6) is 1.90. The van der Waals surface area contributed by atoms with E-state index in [-0.39, 0.29) is 15.4 Å². The van der Waals surface area contributed by atoms with Crippen LogP contribution in [0.25, 0.3) is 0 Å². The zero-order chi connectivity index (χ0) is 13.5. The molecule has 2 aromatic carbocycles. The van der Waals surface area contributed by atoms with E-state index in [0.717, 1.165) is 11.5 Å². The SMILES string of the molecule is CCOc1cc[c]([Ge][c]2ccc(OCC)cc2)cc1. The molecule has 2 rings (SSSR count). The molecule has 98 valence electrons. The normalized spacial score (nSPS) is 10.2. The first-order valence-electron chi connectivity index (χ1n) is 6.54. The number of hydrogen-bond donors (Lipinski definition) is 0. The fraction of sp³-hybridized carbons (Fsp3) is 0.250. The molecule has 0 fully saturated rings. The summed E-state index contributed by atoms with van der Waals surface area (Å²) >= 11 is -0.272. The molecule has 0 heterocycles. The van der Waals surface area contributed by atoms with E-state index in [1.165, 1.54) is 8.79 Å². The summed E-state index contributed by atoms with van der Waals surface area (Å²) in [5, 5.41) is 0. The number of benzene rings is 2. The van der Waals surface area contributed by atoms with E-state index in [1.807, 2.05) is 13.8 Å². The van der Waals surface area contributed by atoms with E-state index in [1.54, 1.807) is 0 Å². The van der Waals surface area contributed by atoms with Crippen LogP contribution >= 0.6 is 0 Å². The van der Waals surface area contributed by atoms with E-state index in [9.17, 15) is 0 Å². The second-order valence-electron chi connectivity index (χ2n) is 4.04. The molecule has 2 radical (unpaired) electrons. The summed E-state index contributed by atoms with van der Waals surface area (Å²) in [6, 6.07) is 16.9. The van der Waals surface area contributed by atoms with Crippen molar-refractivity contribution in [3.05, 3.63) is 48.5 Å². The molecule has 2 nitrogen and oxygen atoms in total. The van der Waals surface area contributed by atoms with Gasteiger partial charge in [0.2, 0.25) is 0 Å². The molecular formula is C16H18GeO2. The van der Waals surface area contributed by atoms with Crippen molar-refractivity contribution in [1.29, 1.82) is 0 Å². The molecule has 0 bridgehead atoms. The maximum atomic E-state index is 5.45. The Morgan fingerprint density at radius 3 is 1.37 bits per heavy atom. The first-order chi connectivity index (χ1) is 9.31. The van der Waals surface area contributed by atoms with Crippen LogP contribution in [0, 0.1) is 0 Å². The molecule has 0 aliphatic rings. The fourth-order valence-corrected chi connectivity index (χ4v) is 3.87. The molecule has 19 heavy (non-hydrogen) atoms. The molecule has 0 saturated heterocycles. The fourth-order valence-electron chi connectivity index (χ4n) is 1.77. The minimum absolute atomic E-state index is 0.272. The van der Waals surface area contributed by atoms with Crippen molar-refractivity contribution in [3.8, 4) is 11.5 Å². The van der Waals surface area contributed by atoms with Crippen molar-refractivity contribution in [2.24, 2.45) is 0 Å². The Morgan fingerprint density at radius 1 is 0.684 bits per heavy atom. The van der Waals surface area contributed by atoms with E-state index < -0.39 is 0 Å². The Bertz CT molecular complexity index is 444. The van der Waals surface area contributed by atoms with Crippen LogP contribution in [0.15, 0.2) is 48.5 Å². The predicted molar refractivity (Wildman–Crippen MR) is 80.2 cm³/mol. The van der Waals surface area contributed by atoms with Gasteiger partial charge in [-0.25, -0.2) is 0 Å². The van der Waals surface area contributed by atoms with Gasteiger partial charge in [0.15, 0.2) is 0 Å². The monoisotopic (exact) mass is 316 g/mol. The number of ether oxygens (including phenoxy) is 2. The van der Waals surface area contributed by atoms with Crippen molar-refractivity contribution in [1.82, 2.24) is 0 Å². The quantitative estimate of drug-likeness (QED) is 0.761. The standard InChI is InChI=1S/C16H18GeO2/c1-3-18-15-9-5-13(6-10-15)17-14-7-11-16(12-8-14)19-4-2/h5-12H,3-4H2,1-2H3. The minimum atomic E-state index is -0.272. The van der Waals surface area contributed by atoms with Crippen LogP contribution in [0.4, 0.5) is 0 Å². The summed E-state index contributed by atoms with van der Waals surface area (Å²) in [7, 11) is 0. The third-order valence-corrected chi connectivity index (χ3v) is 5.23. The summed E-state index contributed by atoms with van der Waals surface area (Å²) in [6.45, 7) is 5.44. The Labute approximate surface area is 121 Å². The maximum absolute atomic E-state index is 5.45. The summed E-state index contributed by atoms with van der Waals surface area (Å²) in [6.07, 6.45) is 0. The molecule has 0 spiro atoms. The van der Waals surface area contributed by atoms with Gasteiger partial charge in [0, 0.05) is 0 Å². The van der Waals surface area contributed by atoms with Gasteiger partial charge in [-0.05, 0) is 0 Å². The average molecular weight is 315 g/mol. The molecule has 0 N–H and O–H groups in total. The molecule has 0 aliphatic heterocycles. The van der Waals surface area contributed by atoms with Gasteiger partial charge in [-0.1, -0.05) is 0 Å². The Morgan fingerprint density at radius 2 is 1.05 bits per heavy atom. The topological polar surface area (TPSA) is 18.5 Å². The van der Waals surface area contributed by atoms with Crippen molar-refractivity contribution < 1.29 is 9.47 Å². The van der Waals surface area contributed by atoms with Gasteiger partial charge in [0.1, 0.15) is 0 Å². The van der Waals surface area contributed by atoms with Gasteiger partial charge in [-0.15, -0.1) is 0 Å². The number of hydrogen-bond acceptors (Lipinski definition) is 2. The van der Waals surface area contributed by atoms with Gasteiger partial charge >= 0.3 is 121 Å². The van der Waals surface area contributed by atoms with Crippen LogP contribution < -0.4 is 18.3 Å². The third kappa shape index (κ3) is 4.32. The summed E-state index contributed by atoms with van der Waals surface area (Å²) < 4.78 is 13.7. The molecule has 0 aliphatic carbocycles. The van der Waals surface area contributed by atoms with Gasteiger partial charge < -0.3 is 0 Å². The van der Waals surface area contributed by atoms with Crippen LogP contribution in [0.3, 0.4) is 0 Å². The van der Waals surface area contributed by atoms with Crippen LogP contribution in [0.2, 0.25) is 0 Å².